The molecule has 0 radical (unpaired) electrons. The zero-order valence-corrected chi connectivity index (χ0v) is 14.6. The molecule has 7 nitrogen and oxygen atoms in total. The average Bonchev–Trinajstić information content (AvgIpc) is 2.85. The number of guanidine groups is 1. The Labute approximate surface area is 152 Å². The molecule has 1 heterocycles. The van der Waals surface area contributed by atoms with Crippen LogP contribution in [-0.4, -0.2) is 25.1 Å². The smallest absolute Gasteiger partial charge is 0.221 e. The predicted molar refractivity (Wildman–Crippen MR) is 102 cm³/mol. The first kappa shape index (κ1) is 17.6. The summed E-state index contributed by atoms with van der Waals surface area (Å²) in [6, 6.07) is 13.0. The van der Waals surface area contributed by atoms with E-state index in [9.17, 15) is 4.79 Å². The zero-order chi connectivity index (χ0) is 18.4. The number of aliphatic imine (C=N–C) groups is 1. The number of carbonyl (C=O) groups is 1. The van der Waals surface area contributed by atoms with Crippen molar-refractivity contribution < 1.29 is 14.3 Å². The van der Waals surface area contributed by atoms with Crippen molar-refractivity contribution in [1.29, 1.82) is 0 Å². The second kappa shape index (κ2) is 8.24. The van der Waals surface area contributed by atoms with Crippen LogP contribution in [-0.2, 0) is 11.3 Å². The van der Waals surface area contributed by atoms with Crippen LogP contribution in [0.15, 0.2) is 47.5 Å². The van der Waals surface area contributed by atoms with Crippen molar-refractivity contribution >= 4 is 23.2 Å². The van der Waals surface area contributed by atoms with Crippen molar-refractivity contribution in [2.24, 2.45) is 10.7 Å². The highest BCUT2D eigenvalue weighted by atomic mass is 16.5. The van der Waals surface area contributed by atoms with Crippen LogP contribution in [0, 0.1) is 0 Å². The minimum atomic E-state index is -0.0978. The molecule has 0 fully saturated rings. The SMILES string of the molecule is CC(=O)Nc1ccc(CN=C(N)Nc2ccc3c(c2)OCCCO3)cc1. The number of nitrogens with zero attached hydrogens (tertiary/aromatic N) is 1. The third-order valence-corrected chi connectivity index (χ3v) is 3.73. The van der Waals surface area contributed by atoms with E-state index in [1.165, 1.54) is 6.92 Å². The van der Waals surface area contributed by atoms with Gasteiger partial charge in [0.2, 0.25) is 5.91 Å². The van der Waals surface area contributed by atoms with E-state index in [0.29, 0.717) is 31.5 Å². The van der Waals surface area contributed by atoms with E-state index in [1.807, 2.05) is 42.5 Å². The van der Waals surface area contributed by atoms with Crippen LogP contribution >= 0.6 is 0 Å². The molecule has 26 heavy (non-hydrogen) atoms. The van der Waals surface area contributed by atoms with E-state index in [1.54, 1.807) is 0 Å². The van der Waals surface area contributed by atoms with E-state index in [4.69, 9.17) is 15.2 Å². The number of amides is 1. The normalized spacial score (nSPS) is 13.7. The lowest BCUT2D eigenvalue weighted by Crippen LogP contribution is -2.22. The summed E-state index contributed by atoms with van der Waals surface area (Å²) in [6.45, 7) is 3.20. The molecule has 0 bridgehead atoms. The maximum Gasteiger partial charge on any atom is 0.221 e. The maximum absolute atomic E-state index is 11.0. The zero-order valence-electron chi connectivity index (χ0n) is 14.6. The van der Waals surface area contributed by atoms with Gasteiger partial charge in [-0.2, -0.15) is 0 Å². The Kier molecular flexibility index (Phi) is 5.58. The van der Waals surface area contributed by atoms with Crippen molar-refractivity contribution in [3.05, 3.63) is 48.0 Å². The summed E-state index contributed by atoms with van der Waals surface area (Å²) in [5, 5.41) is 5.78. The standard InChI is InChI=1S/C19H22N4O3/c1-13(24)22-15-5-3-14(4-6-15)12-21-19(20)23-16-7-8-17-18(11-16)26-10-2-9-25-17/h3-8,11H,2,9-10,12H2,1H3,(H,22,24)(H3,20,21,23). The summed E-state index contributed by atoms with van der Waals surface area (Å²) in [5.41, 5.74) is 8.50. The van der Waals surface area contributed by atoms with Crippen LogP contribution < -0.4 is 25.8 Å². The summed E-state index contributed by atoms with van der Waals surface area (Å²) in [4.78, 5) is 15.4. The second-order valence-electron chi connectivity index (χ2n) is 5.92. The molecule has 0 saturated heterocycles. The van der Waals surface area contributed by atoms with E-state index in [-0.39, 0.29) is 5.91 Å². The molecule has 1 amide bonds. The van der Waals surface area contributed by atoms with Gasteiger partial charge in [-0.25, -0.2) is 4.99 Å². The number of nitrogens with one attached hydrogen (secondary N) is 2. The molecule has 0 aliphatic carbocycles. The van der Waals surface area contributed by atoms with Crippen LogP contribution in [0.4, 0.5) is 11.4 Å². The van der Waals surface area contributed by atoms with Gasteiger partial charge in [0.05, 0.1) is 19.8 Å². The number of ether oxygens (including phenoxy) is 2. The largest absolute Gasteiger partial charge is 0.490 e. The number of anilines is 2. The average molecular weight is 354 g/mol. The Morgan fingerprint density at radius 2 is 1.73 bits per heavy atom. The number of fused-ring (bicyclic) bond motifs is 1. The van der Waals surface area contributed by atoms with Crippen molar-refractivity contribution in [1.82, 2.24) is 0 Å². The van der Waals surface area contributed by atoms with Gasteiger partial charge < -0.3 is 25.8 Å². The molecule has 1 aliphatic heterocycles. The minimum Gasteiger partial charge on any atom is -0.490 e. The fourth-order valence-corrected chi connectivity index (χ4v) is 2.50. The molecule has 7 heteroatoms. The quantitative estimate of drug-likeness (QED) is 0.579. The number of nitrogens with two attached hydrogens (primary N) is 1. The van der Waals surface area contributed by atoms with Crippen LogP contribution in [0.1, 0.15) is 18.9 Å². The lowest BCUT2D eigenvalue weighted by molar-refractivity contribution is -0.114. The number of rotatable bonds is 4. The first-order valence-electron chi connectivity index (χ1n) is 8.43. The Balaban J connectivity index is 1.60. The molecule has 136 valence electrons. The monoisotopic (exact) mass is 354 g/mol. The highest BCUT2D eigenvalue weighted by Gasteiger charge is 2.10. The van der Waals surface area contributed by atoms with Gasteiger partial charge >= 0.3 is 0 Å². The van der Waals surface area contributed by atoms with E-state index >= 15 is 0 Å². The van der Waals surface area contributed by atoms with Crippen molar-refractivity contribution in [2.45, 2.75) is 19.9 Å². The molecule has 0 unspecified atom stereocenters. The molecular weight excluding hydrogens is 332 g/mol. The van der Waals surface area contributed by atoms with Crippen molar-refractivity contribution in [2.75, 3.05) is 23.8 Å². The summed E-state index contributed by atoms with van der Waals surface area (Å²) in [5.74, 6) is 1.65. The predicted octanol–water partition coefficient (Wildman–Crippen LogP) is 2.73. The minimum absolute atomic E-state index is 0.0978. The number of carbonyl (C=O) groups excluding carboxylic acids is 1. The van der Waals surface area contributed by atoms with Crippen LogP contribution in [0.3, 0.4) is 0 Å². The second-order valence-corrected chi connectivity index (χ2v) is 5.92. The van der Waals surface area contributed by atoms with Gasteiger partial charge in [0.25, 0.3) is 0 Å². The highest BCUT2D eigenvalue weighted by Crippen LogP contribution is 2.32. The van der Waals surface area contributed by atoms with Gasteiger partial charge in [0.15, 0.2) is 17.5 Å². The molecule has 2 aromatic rings. The Morgan fingerprint density at radius 3 is 2.46 bits per heavy atom. The van der Waals surface area contributed by atoms with Gasteiger partial charge in [-0.05, 0) is 29.8 Å². The topological polar surface area (TPSA) is 98.0 Å². The lowest BCUT2D eigenvalue weighted by atomic mass is 10.2. The van der Waals surface area contributed by atoms with Crippen LogP contribution in [0.5, 0.6) is 11.5 Å². The third kappa shape index (κ3) is 4.89. The number of hydrogen-bond acceptors (Lipinski definition) is 4. The maximum atomic E-state index is 11.0. The molecule has 0 saturated carbocycles. The third-order valence-electron chi connectivity index (χ3n) is 3.73. The molecule has 0 atom stereocenters. The summed E-state index contributed by atoms with van der Waals surface area (Å²) >= 11 is 0. The summed E-state index contributed by atoms with van der Waals surface area (Å²) in [7, 11) is 0. The molecular formula is C19H22N4O3. The lowest BCUT2D eigenvalue weighted by Gasteiger charge is -2.11. The molecule has 4 N–H and O–H groups in total. The Bertz CT molecular complexity index is 803. The van der Waals surface area contributed by atoms with Gasteiger partial charge in [-0.15, -0.1) is 0 Å². The Morgan fingerprint density at radius 1 is 1.04 bits per heavy atom. The van der Waals surface area contributed by atoms with Crippen LogP contribution in [0.25, 0.3) is 0 Å². The van der Waals surface area contributed by atoms with Crippen LogP contribution in [0.2, 0.25) is 0 Å². The van der Waals surface area contributed by atoms with Crippen molar-refractivity contribution in [3.8, 4) is 11.5 Å². The molecule has 2 aromatic carbocycles. The van der Waals surface area contributed by atoms with Gasteiger partial charge in [-0.3, -0.25) is 4.79 Å². The first-order chi connectivity index (χ1) is 12.6. The van der Waals surface area contributed by atoms with Gasteiger partial charge in [-0.1, -0.05) is 12.1 Å². The summed E-state index contributed by atoms with van der Waals surface area (Å²) in [6.07, 6.45) is 0.863. The van der Waals surface area contributed by atoms with Gasteiger partial charge in [0.1, 0.15) is 0 Å². The van der Waals surface area contributed by atoms with Gasteiger partial charge in [0, 0.05) is 30.8 Å². The Hall–Kier alpha value is -3.22. The number of benzene rings is 2. The summed E-state index contributed by atoms with van der Waals surface area (Å²) < 4.78 is 11.3. The highest BCUT2D eigenvalue weighted by molar-refractivity contribution is 5.92. The fourth-order valence-electron chi connectivity index (χ4n) is 2.50. The van der Waals surface area contributed by atoms with E-state index < -0.39 is 0 Å². The number of hydrogen-bond donors (Lipinski definition) is 3. The molecule has 0 aromatic heterocycles. The fraction of sp³-hybridized carbons (Fsp3) is 0.263. The first-order valence-corrected chi connectivity index (χ1v) is 8.43. The molecule has 1 aliphatic rings. The molecule has 0 spiro atoms. The van der Waals surface area contributed by atoms with E-state index in [0.717, 1.165) is 29.1 Å². The van der Waals surface area contributed by atoms with Crippen molar-refractivity contribution in [3.63, 3.8) is 0 Å². The van der Waals surface area contributed by atoms with E-state index in [2.05, 4.69) is 15.6 Å². The molecule has 3 rings (SSSR count).